The van der Waals surface area contributed by atoms with Gasteiger partial charge in [0.25, 0.3) is 5.69 Å². The molecule has 0 fully saturated rings. The van der Waals surface area contributed by atoms with Crippen LogP contribution in [0.4, 0.5) is 5.69 Å². The molecule has 26 heavy (non-hydrogen) atoms. The van der Waals surface area contributed by atoms with Gasteiger partial charge in [0.1, 0.15) is 5.71 Å². The van der Waals surface area contributed by atoms with Crippen LogP contribution in [-0.2, 0) is 6.42 Å². The van der Waals surface area contributed by atoms with Crippen LogP contribution < -0.4 is 9.47 Å². The monoisotopic (exact) mass is 352 g/mol. The molecular weight excluding hydrogens is 340 g/mol. The standard InChI is InChI=1S/C17H12N4O5/c22-18-8-12-5-11-6-15-16(26-9-25-15)7-14(11)17(20-19-12)10-1-3-13(4-2-10)21(23)24/h1-4,6-8,22H,5,9H2. The molecule has 0 amide bonds. The molecule has 2 aliphatic rings. The zero-order valence-electron chi connectivity index (χ0n) is 13.3. The van der Waals surface area contributed by atoms with Crippen LogP contribution in [0.15, 0.2) is 51.8 Å². The van der Waals surface area contributed by atoms with Crippen LogP contribution in [0, 0.1) is 10.1 Å². The lowest BCUT2D eigenvalue weighted by molar-refractivity contribution is -0.384. The molecule has 0 aliphatic carbocycles. The van der Waals surface area contributed by atoms with Crippen LogP contribution >= 0.6 is 0 Å². The maximum Gasteiger partial charge on any atom is 0.269 e. The van der Waals surface area contributed by atoms with E-state index in [-0.39, 0.29) is 12.5 Å². The summed E-state index contributed by atoms with van der Waals surface area (Å²) in [5.74, 6) is 1.21. The van der Waals surface area contributed by atoms with Gasteiger partial charge in [0, 0.05) is 29.7 Å². The summed E-state index contributed by atoms with van der Waals surface area (Å²) < 4.78 is 10.9. The number of rotatable bonds is 3. The van der Waals surface area contributed by atoms with Gasteiger partial charge in [-0.3, -0.25) is 10.1 Å². The van der Waals surface area contributed by atoms with E-state index >= 15 is 0 Å². The minimum absolute atomic E-state index is 0.00881. The summed E-state index contributed by atoms with van der Waals surface area (Å²) >= 11 is 0. The van der Waals surface area contributed by atoms with E-state index in [9.17, 15) is 10.1 Å². The van der Waals surface area contributed by atoms with Crippen LogP contribution in [0.5, 0.6) is 11.5 Å². The molecule has 0 radical (unpaired) electrons. The number of hydrogen-bond donors (Lipinski definition) is 1. The number of hydrogen-bond acceptors (Lipinski definition) is 8. The zero-order chi connectivity index (χ0) is 18.1. The van der Waals surface area contributed by atoms with E-state index in [0.29, 0.717) is 34.9 Å². The SMILES string of the molecule is O=[N+]([O-])c1ccc(C2=NN=C(C=NO)Cc3cc4c(cc32)OCO4)cc1. The Hall–Kier alpha value is -3.75. The van der Waals surface area contributed by atoms with Crippen molar-refractivity contribution in [1.82, 2.24) is 0 Å². The number of nitro groups is 1. The first-order valence-electron chi connectivity index (χ1n) is 7.65. The number of oxime groups is 1. The van der Waals surface area contributed by atoms with Crippen molar-refractivity contribution < 1.29 is 19.6 Å². The van der Waals surface area contributed by atoms with Crippen molar-refractivity contribution in [2.45, 2.75) is 6.42 Å². The zero-order valence-corrected chi connectivity index (χ0v) is 13.3. The van der Waals surface area contributed by atoms with E-state index in [4.69, 9.17) is 14.7 Å². The van der Waals surface area contributed by atoms with Gasteiger partial charge >= 0.3 is 0 Å². The molecule has 2 aliphatic heterocycles. The molecule has 0 bridgehead atoms. The maximum absolute atomic E-state index is 10.9. The third-order valence-electron chi connectivity index (χ3n) is 4.06. The Labute approximate surface area is 147 Å². The Morgan fingerprint density at radius 1 is 1.15 bits per heavy atom. The summed E-state index contributed by atoms with van der Waals surface area (Å²) in [4.78, 5) is 10.4. The van der Waals surface area contributed by atoms with E-state index < -0.39 is 4.92 Å². The van der Waals surface area contributed by atoms with Gasteiger partial charge in [-0.05, 0) is 29.8 Å². The Balaban J connectivity index is 1.85. The molecule has 0 spiro atoms. The normalized spacial score (nSPS) is 15.2. The van der Waals surface area contributed by atoms with E-state index in [0.717, 1.165) is 11.1 Å². The van der Waals surface area contributed by atoms with Gasteiger partial charge in [-0.25, -0.2) is 0 Å². The number of benzene rings is 2. The average Bonchev–Trinajstić information content (AvgIpc) is 3.02. The molecule has 2 aromatic carbocycles. The van der Waals surface area contributed by atoms with Gasteiger partial charge < -0.3 is 14.7 Å². The molecule has 9 nitrogen and oxygen atoms in total. The van der Waals surface area contributed by atoms with Gasteiger partial charge in [0.2, 0.25) is 6.79 Å². The Morgan fingerprint density at radius 2 is 1.88 bits per heavy atom. The Bertz CT molecular complexity index is 979. The second-order valence-corrected chi connectivity index (χ2v) is 5.63. The number of fused-ring (bicyclic) bond motifs is 2. The van der Waals surface area contributed by atoms with Crippen molar-refractivity contribution in [1.29, 1.82) is 0 Å². The molecule has 0 unspecified atom stereocenters. The van der Waals surface area contributed by atoms with E-state index in [2.05, 4.69) is 15.4 Å². The number of ether oxygens (including phenoxy) is 2. The fourth-order valence-electron chi connectivity index (χ4n) is 2.84. The predicted octanol–water partition coefficient (Wildman–Crippen LogP) is 2.53. The summed E-state index contributed by atoms with van der Waals surface area (Å²) in [5.41, 5.74) is 3.29. The van der Waals surface area contributed by atoms with E-state index in [1.54, 1.807) is 12.1 Å². The van der Waals surface area contributed by atoms with Gasteiger partial charge in [0.15, 0.2) is 11.5 Å². The minimum Gasteiger partial charge on any atom is -0.454 e. The highest BCUT2D eigenvalue weighted by atomic mass is 16.7. The van der Waals surface area contributed by atoms with Gasteiger partial charge in [-0.1, -0.05) is 5.16 Å². The Morgan fingerprint density at radius 3 is 2.58 bits per heavy atom. The molecular formula is C17H12N4O5. The first-order chi connectivity index (χ1) is 12.7. The lowest BCUT2D eigenvalue weighted by atomic mass is 9.94. The second-order valence-electron chi connectivity index (χ2n) is 5.63. The van der Waals surface area contributed by atoms with Crippen LogP contribution in [0.25, 0.3) is 0 Å². The molecule has 1 N–H and O–H groups in total. The highest BCUT2D eigenvalue weighted by molar-refractivity contribution is 6.32. The maximum atomic E-state index is 10.9. The lowest BCUT2D eigenvalue weighted by Gasteiger charge is -2.10. The van der Waals surface area contributed by atoms with Gasteiger partial charge in [-0.2, -0.15) is 5.10 Å². The fourth-order valence-corrected chi connectivity index (χ4v) is 2.84. The van der Waals surface area contributed by atoms with Crippen LogP contribution in [0.3, 0.4) is 0 Å². The van der Waals surface area contributed by atoms with Crippen molar-refractivity contribution in [3.63, 3.8) is 0 Å². The molecule has 9 heteroatoms. The summed E-state index contributed by atoms with van der Waals surface area (Å²) in [6, 6.07) is 9.71. The topological polar surface area (TPSA) is 119 Å². The summed E-state index contributed by atoms with van der Waals surface area (Å²) in [5, 5.41) is 31.1. The lowest BCUT2D eigenvalue weighted by Crippen LogP contribution is -2.08. The molecule has 0 aromatic heterocycles. The van der Waals surface area contributed by atoms with Gasteiger partial charge in [0.05, 0.1) is 16.8 Å². The third-order valence-corrected chi connectivity index (χ3v) is 4.06. The van der Waals surface area contributed by atoms with Crippen LogP contribution in [0.1, 0.15) is 16.7 Å². The van der Waals surface area contributed by atoms with E-state index in [1.165, 1.54) is 18.3 Å². The molecule has 130 valence electrons. The van der Waals surface area contributed by atoms with Gasteiger partial charge in [-0.15, -0.1) is 5.10 Å². The number of non-ortho nitro benzene ring substituents is 1. The summed E-state index contributed by atoms with van der Waals surface area (Å²) in [6.45, 7) is 0.140. The number of nitro benzene ring substituents is 1. The number of nitrogens with zero attached hydrogens (tertiary/aromatic N) is 4. The summed E-state index contributed by atoms with van der Waals surface area (Å²) in [7, 11) is 0. The predicted molar refractivity (Wildman–Crippen MR) is 92.7 cm³/mol. The summed E-state index contributed by atoms with van der Waals surface area (Å²) in [6.07, 6.45) is 1.60. The molecule has 2 aromatic rings. The fraction of sp³-hybridized carbons (Fsp3) is 0.118. The smallest absolute Gasteiger partial charge is 0.269 e. The first-order valence-corrected chi connectivity index (χ1v) is 7.65. The van der Waals surface area contributed by atoms with E-state index in [1.807, 2.05) is 12.1 Å². The molecule has 0 atom stereocenters. The van der Waals surface area contributed by atoms with Crippen molar-refractivity contribution in [3.05, 3.63) is 63.2 Å². The molecule has 0 saturated heterocycles. The Kier molecular flexibility index (Phi) is 3.81. The third kappa shape index (κ3) is 2.75. The van der Waals surface area contributed by atoms with Crippen molar-refractivity contribution in [3.8, 4) is 11.5 Å². The largest absolute Gasteiger partial charge is 0.454 e. The average molecular weight is 352 g/mol. The van der Waals surface area contributed by atoms with Crippen molar-refractivity contribution >= 4 is 23.3 Å². The highest BCUT2D eigenvalue weighted by Crippen LogP contribution is 2.36. The van der Waals surface area contributed by atoms with Crippen LogP contribution in [-0.4, -0.2) is 34.6 Å². The minimum atomic E-state index is -0.460. The molecule has 2 heterocycles. The van der Waals surface area contributed by atoms with Crippen molar-refractivity contribution in [2.75, 3.05) is 6.79 Å². The van der Waals surface area contributed by atoms with Crippen molar-refractivity contribution in [2.24, 2.45) is 15.4 Å². The highest BCUT2D eigenvalue weighted by Gasteiger charge is 2.23. The first kappa shape index (κ1) is 15.8. The quantitative estimate of drug-likeness (QED) is 0.394. The second kappa shape index (κ2) is 6.28. The molecule has 4 rings (SSSR count). The molecule has 0 saturated carbocycles. The van der Waals surface area contributed by atoms with Crippen LogP contribution in [0.2, 0.25) is 0 Å².